The normalized spacial score (nSPS) is 10.3. The van der Waals surface area contributed by atoms with Crippen molar-refractivity contribution in [2.75, 3.05) is 5.32 Å². The number of aromatic nitrogens is 1. The Balaban J connectivity index is 2.29. The van der Waals surface area contributed by atoms with Crippen LogP contribution < -0.4 is 5.32 Å². The summed E-state index contributed by atoms with van der Waals surface area (Å²) in [5, 5.41) is 12.5. The van der Waals surface area contributed by atoms with Gasteiger partial charge in [-0.25, -0.2) is 0 Å². The first-order chi connectivity index (χ1) is 8.97. The number of hydrogen-bond acceptors (Lipinski definition) is 3. The van der Waals surface area contributed by atoms with Crippen LogP contribution in [0.3, 0.4) is 0 Å². The van der Waals surface area contributed by atoms with E-state index in [4.69, 9.17) is 23.2 Å². The second kappa shape index (κ2) is 5.77. The number of pyridine rings is 1. The Hall–Kier alpha value is -1.30. The molecule has 1 heterocycles. The number of halogens is 3. The molecule has 0 saturated heterocycles. The lowest BCUT2D eigenvalue weighted by Gasteiger charge is -2.09. The molecule has 0 atom stereocenters. The third-order valence-electron chi connectivity index (χ3n) is 2.23. The summed E-state index contributed by atoms with van der Waals surface area (Å²) in [4.78, 5) is 15.7. The second-order valence-corrected chi connectivity index (χ2v) is 5.36. The average Bonchev–Trinajstić information content (AvgIpc) is 2.33. The van der Waals surface area contributed by atoms with Crippen molar-refractivity contribution in [1.82, 2.24) is 4.98 Å². The molecule has 2 aromatic rings. The Morgan fingerprint density at radius 3 is 2.42 bits per heavy atom. The van der Waals surface area contributed by atoms with Gasteiger partial charge in [0.25, 0.3) is 5.91 Å². The quantitative estimate of drug-likeness (QED) is 0.846. The summed E-state index contributed by atoms with van der Waals surface area (Å²) in [6.45, 7) is 0. The highest BCUT2D eigenvalue weighted by Crippen LogP contribution is 2.34. The Morgan fingerprint density at radius 1 is 1.21 bits per heavy atom. The first kappa shape index (κ1) is 14.1. The smallest absolute Gasteiger partial charge is 0.257 e. The molecule has 0 saturated carbocycles. The lowest BCUT2D eigenvalue weighted by molar-refractivity contribution is 0.102. The monoisotopic (exact) mass is 360 g/mol. The van der Waals surface area contributed by atoms with Crippen LogP contribution in [-0.4, -0.2) is 16.0 Å². The van der Waals surface area contributed by atoms with Gasteiger partial charge in [0, 0.05) is 10.7 Å². The number of aromatic hydroxyl groups is 1. The molecule has 0 fully saturated rings. The van der Waals surface area contributed by atoms with Gasteiger partial charge in [0.2, 0.25) is 0 Å². The third kappa shape index (κ3) is 3.37. The van der Waals surface area contributed by atoms with Gasteiger partial charge in [0.05, 0.1) is 27.5 Å². The van der Waals surface area contributed by atoms with Crippen LogP contribution in [-0.2, 0) is 0 Å². The molecular weight excluding hydrogens is 355 g/mol. The largest absolute Gasteiger partial charge is 0.506 e. The van der Waals surface area contributed by atoms with E-state index in [0.29, 0.717) is 20.2 Å². The summed E-state index contributed by atoms with van der Waals surface area (Å²) < 4.78 is 0.708. The van der Waals surface area contributed by atoms with Crippen molar-refractivity contribution in [1.29, 1.82) is 0 Å². The maximum absolute atomic E-state index is 12.0. The molecule has 0 bridgehead atoms. The van der Waals surface area contributed by atoms with Crippen LogP contribution in [0.5, 0.6) is 5.75 Å². The summed E-state index contributed by atoms with van der Waals surface area (Å²) in [7, 11) is 0. The Morgan fingerprint density at radius 2 is 1.84 bits per heavy atom. The van der Waals surface area contributed by atoms with Gasteiger partial charge >= 0.3 is 0 Å². The maximum Gasteiger partial charge on any atom is 0.257 e. The highest BCUT2D eigenvalue weighted by atomic mass is 79.9. The molecule has 0 unspecified atom stereocenters. The van der Waals surface area contributed by atoms with Crippen LogP contribution in [0, 0.1) is 0 Å². The number of rotatable bonds is 2. The zero-order valence-corrected chi connectivity index (χ0v) is 12.4. The lowest BCUT2D eigenvalue weighted by atomic mass is 10.2. The van der Waals surface area contributed by atoms with Crippen molar-refractivity contribution in [3.8, 4) is 5.75 Å². The van der Waals surface area contributed by atoms with Gasteiger partial charge in [-0.1, -0.05) is 39.1 Å². The molecule has 4 nitrogen and oxygen atoms in total. The SMILES string of the molecule is O=C(Nc1c(Cl)cc(Br)cc1Cl)c1cncc(O)c1. The zero-order valence-electron chi connectivity index (χ0n) is 9.32. The predicted octanol–water partition coefficient (Wildman–Crippen LogP) is 4.11. The number of nitrogens with zero attached hydrogens (tertiary/aromatic N) is 1. The summed E-state index contributed by atoms with van der Waals surface area (Å²) in [5.74, 6) is -0.560. The van der Waals surface area contributed by atoms with E-state index < -0.39 is 5.91 Å². The van der Waals surface area contributed by atoms with Crippen molar-refractivity contribution < 1.29 is 9.90 Å². The Kier molecular flexibility index (Phi) is 4.29. The summed E-state index contributed by atoms with van der Waals surface area (Å²) in [5.41, 5.74) is 0.509. The fourth-order valence-corrected chi connectivity index (χ4v) is 2.70. The molecule has 0 aliphatic rings. The molecule has 0 aliphatic heterocycles. The fourth-order valence-electron chi connectivity index (χ4n) is 1.40. The minimum Gasteiger partial charge on any atom is -0.506 e. The standard InChI is InChI=1S/C12H7BrCl2N2O2/c13-7-2-9(14)11(10(15)3-7)17-12(19)6-1-8(18)5-16-4-6/h1-5,18H,(H,17,19). The van der Waals surface area contributed by atoms with E-state index in [1.807, 2.05) is 0 Å². The van der Waals surface area contributed by atoms with Crippen LogP contribution in [0.25, 0.3) is 0 Å². The number of anilines is 1. The van der Waals surface area contributed by atoms with E-state index in [2.05, 4.69) is 26.2 Å². The number of benzene rings is 1. The van der Waals surface area contributed by atoms with Crippen molar-refractivity contribution >= 4 is 50.7 Å². The van der Waals surface area contributed by atoms with E-state index in [0.717, 1.165) is 0 Å². The molecule has 19 heavy (non-hydrogen) atoms. The van der Waals surface area contributed by atoms with Crippen LogP contribution in [0.15, 0.2) is 35.1 Å². The molecule has 1 aromatic heterocycles. The van der Waals surface area contributed by atoms with Crippen LogP contribution in [0.1, 0.15) is 10.4 Å². The number of carbonyl (C=O) groups is 1. The summed E-state index contributed by atoms with van der Waals surface area (Å²) >= 11 is 15.2. The molecule has 98 valence electrons. The van der Waals surface area contributed by atoms with E-state index >= 15 is 0 Å². The van der Waals surface area contributed by atoms with Crippen LogP contribution in [0.4, 0.5) is 5.69 Å². The Bertz CT molecular complexity index is 626. The van der Waals surface area contributed by atoms with Gasteiger partial charge in [-0.2, -0.15) is 0 Å². The van der Waals surface area contributed by atoms with E-state index in [9.17, 15) is 9.90 Å². The van der Waals surface area contributed by atoms with Crippen LogP contribution >= 0.6 is 39.1 Å². The summed E-state index contributed by atoms with van der Waals surface area (Å²) in [6.07, 6.45) is 2.56. The van der Waals surface area contributed by atoms with Crippen molar-refractivity contribution in [3.05, 3.63) is 50.7 Å². The Labute approximate surface area is 127 Å². The molecule has 0 radical (unpaired) electrons. The molecule has 7 heteroatoms. The molecular formula is C12H7BrCl2N2O2. The van der Waals surface area contributed by atoms with E-state index in [-0.39, 0.29) is 11.3 Å². The van der Waals surface area contributed by atoms with Gasteiger partial charge in [0.15, 0.2) is 0 Å². The fraction of sp³-hybridized carbons (Fsp3) is 0. The topological polar surface area (TPSA) is 62.2 Å². The molecule has 2 N–H and O–H groups in total. The van der Waals surface area contributed by atoms with Crippen molar-refractivity contribution in [2.45, 2.75) is 0 Å². The highest BCUT2D eigenvalue weighted by Gasteiger charge is 2.13. The van der Waals surface area contributed by atoms with Gasteiger partial charge < -0.3 is 10.4 Å². The molecule has 1 aromatic carbocycles. The number of carbonyl (C=O) groups excluding carboxylic acids is 1. The first-order valence-electron chi connectivity index (χ1n) is 5.07. The van der Waals surface area contributed by atoms with Gasteiger partial charge in [0.1, 0.15) is 5.75 Å². The summed E-state index contributed by atoms with van der Waals surface area (Å²) in [6, 6.07) is 4.52. The third-order valence-corrected chi connectivity index (χ3v) is 3.29. The van der Waals surface area contributed by atoms with Crippen LogP contribution in [0.2, 0.25) is 10.0 Å². The minimum atomic E-state index is -0.463. The van der Waals surface area contributed by atoms with Gasteiger partial charge in [-0.05, 0) is 18.2 Å². The second-order valence-electron chi connectivity index (χ2n) is 3.63. The highest BCUT2D eigenvalue weighted by molar-refractivity contribution is 9.10. The van der Waals surface area contributed by atoms with E-state index in [1.165, 1.54) is 18.5 Å². The average molecular weight is 362 g/mol. The predicted molar refractivity (Wildman–Crippen MR) is 78.0 cm³/mol. The van der Waals surface area contributed by atoms with Crippen molar-refractivity contribution in [2.24, 2.45) is 0 Å². The number of hydrogen-bond donors (Lipinski definition) is 2. The lowest BCUT2D eigenvalue weighted by Crippen LogP contribution is -2.12. The number of nitrogens with one attached hydrogen (secondary N) is 1. The number of amides is 1. The van der Waals surface area contributed by atoms with Crippen molar-refractivity contribution in [3.63, 3.8) is 0 Å². The van der Waals surface area contributed by atoms with Gasteiger partial charge in [-0.15, -0.1) is 0 Å². The molecule has 0 aliphatic carbocycles. The van der Waals surface area contributed by atoms with Gasteiger partial charge in [-0.3, -0.25) is 9.78 Å². The van der Waals surface area contributed by atoms with E-state index in [1.54, 1.807) is 12.1 Å². The maximum atomic E-state index is 12.0. The first-order valence-corrected chi connectivity index (χ1v) is 6.62. The zero-order chi connectivity index (χ0) is 14.0. The molecule has 1 amide bonds. The molecule has 0 spiro atoms. The minimum absolute atomic E-state index is 0.0966. The molecule has 2 rings (SSSR count).